The molecule has 0 spiro atoms. The average molecular weight is 366 g/mol. The second-order valence-corrected chi connectivity index (χ2v) is 6.56. The van der Waals surface area contributed by atoms with E-state index in [1.54, 1.807) is 0 Å². The molecule has 0 aliphatic heterocycles. The second-order valence-electron chi connectivity index (χ2n) is 4.89. The van der Waals surface area contributed by atoms with Gasteiger partial charge in [-0.15, -0.1) is 5.10 Å². The van der Waals surface area contributed by atoms with E-state index in [-0.39, 0.29) is 13.2 Å². The third-order valence-electron chi connectivity index (χ3n) is 3.06. The normalized spacial score (nSPS) is 10.2. The second kappa shape index (κ2) is 9.14. The quantitative estimate of drug-likeness (QED) is 0.749. The van der Waals surface area contributed by atoms with Crippen LogP contribution in [0.25, 0.3) is 0 Å². The summed E-state index contributed by atoms with van der Waals surface area (Å²) >= 11 is 6.03. The number of anilines is 1. The number of H-pyrrole nitrogens is 1. The maximum absolute atomic E-state index is 12.3. The van der Waals surface area contributed by atoms with E-state index in [0.717, 1.165) is 28.2 Å². The summed E-state index contributed by atoms with van der Waals surface area (Å²) in [4.78, 5) is 25.6. The molecule has 1 aromatic carbocycles. The van der Waals surface area contributed by atoms with E-state index in [2.05, 4.69) is 15.5 Å². The van der Waals surface area contributed by atoms with Crippen molar-refractivity contribution in [3.05, 3.63) is 39.8 Å². The number of hydrogen-bond acceptors (Lipinski definition) is 6. The Bertz CT molecular complexity index is 730. The number of nitrogens with zero attached hydrogens (tertiary/aromatic N) is 2. The Hall–Kier alpha value is -2.26. The lowest BCUT2D eigenvalue weighted by Crippen LogP contribution is -2.40. The van der Waals surface area contributed by atoms with Gasteiger partial charge in [-0.25, -0.2) is 14.5 Å². The van der Waals surface area contributed by atoms with Crippen LogP contribution in [0.1, 0.15) is 25.3 Å². The van der Waals surface area contributed by atoms with Crippen LogP contribution in [-0.2, 0) is 11.3 Å². The first-order valence-electron chi connectivity index (χ1n) is 7.45. The maximum Gasteiger partial charge on any atom is 0.418 e. The average Bonchev–Trinajstić information content (AvgIpc) is 2.99. The van der Waals surface area contributed by atoms with Crippen LogP contribution in [0.15, 0.2) is 30.3 Å². The van der Waals surface area contributed by atoms with Crippen LogP contribution in [0, 0.1) is 3.95 Å². The molecule has 0 aliphatic rings. The number of nitrogens with one attached hydrogen (secondary N) is 2. The number of carbonyl (C=O) groups is 2. The molecular formula is C15H18N4O3S2. The Labute approximate surface area is 148 Å². The Morgan fingerprint density at radius 3 is 2.75 bits per heavy atom. The highest BCUT2D eigenvalue weighted by Gasteiger charge is 2.23. The summed E-state index contributed by atoms with van der Waals surface area (Å²) in [6, 6.07) is 8.71. The van der Waals surface area contributed by atoms with Gasteiger partial charge in [-0.05, 0) is 24.2 Å². The van der Waals surface area contributed by atoms with Gasteiger partial charge in [0, 0.05) is 6.54 Å². The number of amides is 3. The van der Waals surface area contributed by atoms with Crippen molar-refractivity contribution in [3.8, 4) is 0 Å². The number of urea groups is 1. The van der Waals surface area contributed by atoms with E-state index in [9.17, 15) is 9.59 Å². The van der Waals surface area contributed by atoms with E-state index >= 15 is 0 Å². The molecule has 1 heterocycles. The molecule has 2 rings (SSSR count). The lowest BCUT2D eigenvalue weighted by Gasteiger charge is -2.19. The monoisotopic (exact) mass is 366 g/mol. The molecular weight excluding hydrogens is 348 g/mol. The topological polar surface area (TPSA) is 87.3 Å². The van der Waals surface area contributed by atoms with E-state index in [4.69, 9.17) is 17.0 Å². The first-order valence-corrected chi connectivity index (χ1v) is 8.67. The number of hydrogen-bond donors (Lipinski definition) is 2. The minimum Gasteiger partial charge on any atom is -0.444 e. The zero-order valence-electron chi connectivity index (χ0n) is 13.2. The van der Waals surface area contributed by atoms with Gasteiger partial charge in [-0.2, -0.15) is 0 Å². The van der Waals surface area contributed by atoms with E-state index in [1.165, 1.54) is 0 Å². The third-order valence-corrected chi connectivity index (χ3v) is 4.06. The number of unbranched alkanes of at least 4 members (excludes halogenated alkanes) is 1. The Balaban J connectivity index is 1.98. The van der Waals surface area contributed by atoms with Crippen molar-refractivity contribution in [2.75, 3.05) is 11.9 Å². The molecule has 128 valence electrons. The fourth-order valence-corrected chi connectivity index (χ4v) is 2.61. The largest absolute Gasteiger partial charge is 0.444 e. The van der Waals surface area contributed by atoms with Crippen LogP contribution in [0.3, 0.4) is 0 Å². The molecule has 0 fully saturated rings. The number of ether oxygens (including phenoxy) is 1. The first-order chi connectivity index (χ1) is 11.6. The predicted molar refractivity (Wildman–Crippen MR) is 94.6 cm³/mol. The molecule has 1 aromatic heterocycles. The van der Waals surface area contributed by atoms with Crippen LogP contribution in [0.5, 0.6) is 0 Å². The highest BCUT2D eigenvalue weighted by atomic mass is 32.1. The van der Waals surface area contributed by atoms with E-state index in [1.807, 2.05) is 37.3 Å². The smallest absolute Gasteiger partial charge is 0.418 e. The molecule has 7 nitrogen and oxygen atoms in total. The lowest BCUT2D eigenvalue weighted by molar-refractivity contribution is 0.106. The molecule has 0 unspecified atom stereocenters. The van der Waals surface area contributed by atoms with Crippen LogP contribution < -0.4 is 5.32 Å². The van der Waals surface area contributed by atoms with Crippen LogP contribution in [-0.4, -0.2) is 33.8 Å². The molecule has 0 saturated carbocycles. The fourth-order valence-electron chi connectivity index (χ4n) is 1.83. The summed E-state index contributed by atoms with van der Waals surface area (Å²) in [7, 11) is 0. The molecule has 2 aromatic rings. The van der Waals surface area contributed by atoms with Gasteiger partial charge in [0.05, 0.1) is 0 Å². The van der Waals surface area contributed by atoms with Crippen molar-refractivity contribution in [2.24, 2.45) is 0 Å². The van der Waals surface area contributed by atoms with Gasteiger partial charge < -0.3 is 4.74 Å². The Morgan fingerprint density at radius 2 is 2.12 bits per heavy atom. The summed E-state index contributed by atoms with van der Waals surface area (Å²) in [6.45, 7) is 2.35. The molecule has 0 atom stereocenters. The van der Waals surface area contributed by atoms with Gasteiger partial charge in [-0.3, -0.25) is 10.4 Å². The summed E-state index contributed by atoms with van der Waals surface area (Å²) in [5.74, 6) is 0. The first kappa shape index (κ1) is 18.1. The number of aromatic nitrogens is 2. The minimum atomic E-state index is -0.691. The van der Waals surface area contributed by atoms with Crippen molar-refractivity contribution < 1.29 is 14.3 Å². The van der Waals surface area contributed by atoms with Crippen LogP contribution in [0.4, 0.5) is 14.7 Å². The number of rotatable bonds is 6. The predicted octanol–water partition coefficient (Wildman–Crippen LogP) is 4.17. The standard InChI is InChI=1S/C15H18N4O3S2/c1-2-3-9-19(13(20)16-12-17-18-14(23)24-12)15(21)22-10-11-7-5-4-6-8-11/h4-8H,2-3,9-10H2,1H3,(H,18,23)(H,16,17,20). The minimum absolute atomic E-state index is 0.108. The Morgan fingerprint density at radius 1 is 1.38 bits per heavy atom. The number of carbonyl (C=O) groups excluding carboxylic acids is 2. The van der Waals surface area contributed by atoms with Crippen molar-refractivity contribution >= 4 is 40.8 Å². The lowest BCUT2D eigenvalue weighted by atomic mass is 10.2. The van der Waals surface area contributed by atoms with Gasteiger partial charge in [0.15, 0.2) is 3.95 Å². The van der Waals surface area contributed by atoms with Crippen molar-refractivity contribution in [1.82, 2.24) is 15.1 Å². The molecule has 2 N–H and O–H groups in total. The number of benzene rings is 1. The summed E-state index contributed by atoms with van der Waals surface area (Å²) in [5.41, 5.74) is 0.854. The maximum atomic E-state index is 12.3. The van der Waals surface area contributed by atoms with Crippen molar-refractivity contribution in [3.63, 3.8) is 0 Å². The van der Waals surface area contributed by atoms with E-state index in [0.29, 0.717) is 15.5 Å². The number of imide groups is 1. The van der Waals surface area contributed by atoms with Crippen LogP contribution >= 0.6 is 23.6 Å². The summed E-state index contributed by atoms with van der Waals surface area (Å²) in [6.07, 6.45) is 0.838. The fraction of sp³-hybridized carbons (Fsp3) is 0.333. The van der Waals surface area contributed by atoms with Gasteiger partial charge in [0.2, 0.25) is 5.13 Å². The van der Waals surface area contributed by atoms with Crippen LogP contribution in [0.2, 0.25) is 0 Å². The van der Waals surface area contributed by atoms with E-state index < -0.39 is 12.1 Å². The van der Waals surface area contributed by atoms with Gasteiger partial charge in [0.25, 0.3) is 0 Å². The van der Waals surface area contributed by atoms with Gasteiger partial charge in [0.1, 0.15) is 6.61 Å². The molecule has 0 radical (unpaired) electrons. The molecule has 0 aliphatic carbocycles. The van der Waals surface area contributed by atoms with Crippen molar-refractivity contribution in [1.29, 1.82) is 0 Å². The third kappa shape index (κ3) is 5.43. The van der Waals surface area contributed by atoms with Gasteiger partial charge >= 0.3 is 12.1 Å². The molecule has 24 heavy (non-hydrogen) atoms. The molecule has 0 bridgehead atoms. The van der Waals surface area contributed by atoms with Crippen molar-refractivity contribution in [2.45, 2.75) is 26.4 Å². The number of aromatic amines is 1. The molecule has 0 saturated heterocycles. The summed E-state index contributed by atoms with van der Waals surface area (Å²) < 4.78 is 5.67. The zero-order valence-corrected chi connectivity index (χ0v) is 14.8. The Kier molecular flexibility index (Phi) is 6.89. The SMILES string of the molecule is CCCCN(C(=O)Nc1n[nH]c(=S)s1)C(=O)OCc1ccccc1. The van der Waals surface area contributed by atoms with Gasteiger partial charge in [-0.1, -0.05) is 55.0 Å². The molecule has 9 heteroatoms. The zero-order chi connectivity index (χ0) is 17.4. The molecule has 3 amide bonds. The highest BCUT2D eigenvalue weighted by Crippen LogP contribution is 2.13. The summed E-state index contributed by atoms with van der Waals surface area (Å²) in [5, 5.41) is 9.27. The highest BCUT2D eigenvalue weighted by molar-refractivity contribution is 7.73.